The molecule has 14 heavy (non-hydrogen) atoms. The summed E-state index contributed by atoms with van der Waals surface area (Å²) in [5, 5.41) is 0. The number of nitrogens with two attached hydrogens (primary N) is 1. The van der Waals surface area contributed by atoms with E-state index in [1.165, 1.54) is 0 Å². The van der Waals surface area contributed by atoms with Gasteiger partial charge in [-0.1, -0.05) is 34.8 Å². The number of halogens is 3. The fraction of sp³-hybridized carbons (Fsp3) is 0.125. The number of rotatable bonds is 0. The first-order valence-corrected chi connectivity index (χ1v) is 4.83. The van der Waals surface area contributed by atoms with Crippen LogP contribution in [0.25, 0.3) is 11.1 Å². The Morgan fingerprint density at radius 3 is 2.64 bits per heavy atom. The zero-order chi connectivity index (χ0) is 10.3. The van der Waals surface area contributed by atoms with Gasteiger partial charge in [-0.25, -0.2) is 4.98 Å². The summed E-state index contributed by atoms with van der Waals surface area (Å²) in [5.41, 5.74) is 7.25. The number of oxazole rings is 1. The smallest absolute Gasteiger partial charge is 0.266 e. The molecule has 1 aromatic carbocycles. The predicted octanol–water partition coefficient (Wildman–Crippen LogP) is 3.24. The van der Waals surface area contributed by atoms with E-state index >= 15 is 0 Å². The molecule has 1 aromatic heterocycles. The first-order valence-electron chi connectivity index (χ1n) is 3.70. The lowest BCUT2D eigenvalue weighted by atomic mass is 10.3. The Morgan fingerprint density at radius 2 is 2.00 bits per heavy atom. The molecule has 1 heterocycles. The van der Waals surface area contributed by atoms with E-state index in [0.29, 0.717) is 16.8 Å². The maximum absolute atomic E-state index is 5.61. The molecule has 0 unspecified atom stereocenters. The molecule has 0 atom stereocenters. The Morgan fingerprint density at radius 1 is 1.29 bits per heavy atom. The largest absolute Gasteiger partial charge is 0.436 e. The number of fused-ring (bicyclic) bond motifs is 1. The fourth-order valence-corrected chi connectivity index (χ4v) is 1.30. The number of hydrogen-bond donors (Lipinski definition) is 1. The van der Waals surface area contributed by atoms with Crippen LogP contribution < -0.4 is 5.73 Å². The number of anilines is 1. The van der Waals surface area contributed by atoms with Crippen molar-refractivity contribution in [1.29, 1.82) is 0 Å². The zero-order valence-electron chi connectivity index (χ0n) is 6.80. The van der Waals surface area contributed by atoms with Crippen LogP contribution in [0.3, 0.4) is 0 Å². The third-order valence-corrected chi connectivity index (χ3v) is 2.14. The Kier molecular flexibility index (Phi) is 2.26. The molecule has 3 nitrogen and oxygen atoms in total. The van der Waals surface area contributed by atoms with Crippen LogP contribution in [0.1, 0.15) is 5.89 Å². The van der Waals surface area contributed by atoms with E-state index in [-0.39, 0.29) is 5.89 Å². The van der Waals surface area contributed by atoms with Crippen LogP contribution >= 0.6 is 34.8 Å². The molecule has 0 fully saturated rings. The van der Waals surface area contributed by atoms with Gasteiger partial charge in [-0.15, -0.1) is 0 Å². The Hall–Kier alpha value is -0.640. The molecule has 0 bridgehead atoms. The molecule has 0 aliphatic carbocycles. The van der Waals surface area contributed by atoms with Crippen LogP contribution in [-0.2, 0) is 3.79 Å². The molecular formula is C8H5Cl3N2O. The van der Waals surface area contributed by atoms with Crippen molar-refractivity contribution in [2.45, 2.75) is 3.79 Å². The lowest BCUT2D eigenvalue weighted by molar-refractivity contribution is 0.540. The second-order valence-corrected chi connectivity index (χ2v) is 5.03. The number of aromatic nitrogens is 1. The quantitative estimate of drug-likeness (QED) is 0.578. The first-order chi connectivity index (χ1) is 6.47. The monoisotopic (exact) mass is 250 g/mol. The third-order valence-electron chi connectivity index (χ3n) is 1.65. The molecule has 0 amide bonds. The number of hydrogen-bond acceptors (Lipinski definition) is 3. The van der Waals surface area contributed by atoms with Crippen molar-refractivity contribution in [3.05, 3.63) is 24.1 Å². The standard InChI is InChI=1S/C8H5Cl3N2O/c9-8(10,11)7-13-5-2-1-4(12)3-6(5)14-7/h1-3H,12H2. The Labute approximate surface area is 94.7 Å². The van der Waals surface area contributed by atoms with Gasteiger partial charge in [0.15, 0.2) is 5.58 Å². The Bertz CT molecular complexity index is 475. The van der Waals surface area contributed by atoms with Crippen LogP contribution in [0.15, 0.2) is 22.6 Å². The predicted molar refractivity (Wildman–Crippen MR) is 57.7 cm³/mol. The van der Waals surface area contributed by atoms with Crippen LogP contribution in [-0.4, -0.2) is 4.98 Å². The van der Waals surface area contributed by atoms with Gasteiger partial charge in [-0.2, -0.15) is 0 Å². The van der Waals surface area contributed by atoms with Crippen molar-refractivity contribution in [2.24, 2.45) is 0 Å². The van der Waals surface area contributed by atoms with Gasteiger partial charge >= 0.3 is 0 Å². The SMILES string of the molecule is Nc1ccc2nc(C(Cl)(Cl)Cl)oc2c1. The summed E-state index contributed by atoms with van der Waals surface area (Å²) in [6.45, 7) is 0. The normalized spacial score (nSPS) is 12.2. The van der Waals surface area contributed by atoms with E-state index in [2.05, 4.69) is 4.98 Å². The highest BCUT2D eigenvalue weighted by molar-refractivity contribution is 6.66. The molecule has 2 aromatic rings. The summed E-state index contributed by atoms with van der Waals surface area (Å²) in [4.78, 5) is 4.01. The summed E-state index contributed by atoms with van der Waals surface area (Å²) in [6.07, 6.45) is 0. The highest BCUT2D eigenvalue weighted by Gasteiger charge is 2.29. The van der Waals surface area contributed by atoms with Crippen LogP contribution in [0, 0.1) is 0 Å². The number of benzene rings is 1. The molecular weight excluding hydrogens is 246 g/mol. The van der Waals surface area contributed by atoms with Crippen molar-refractivity contribution in [3.63, 3.8) is 0 Å². The molecule has 6 heteroatoms. The number of nitrogens with zero attached hydrogens (tertiary/aromatic N) is 1. The highest BCUT2D eigenvalue weighted by atomic mass is 35.6. The zero-order valence-corrected chi connectivity index (χ0v) is 9.07. The molecule has 2 rings (SSSR count). The van der Waals surface area contributed by atoms with Gasteiger partial charge in [0.25, 0.3) is 3.79 Å². The maximum atomic E-state index is 5.61. The second-order valence-electron chi connectivity index (χ2n) is 2.74. The van der Waals surface area contributed by atoms with Crippen molar-refractivity contribution >= 4 is 51.6 Å². The Balaban J connectivity index is 2.63. The van der Waals surface area contributed by atoms with Gasteiger partial charge in [0.1, 0.15) is 5.52 Å². The topological polar surface area (TPSA) is 52.0 Å². The van der Waals surface area contributed by atoms with E-state index in [1.807, 2.05) is 0 Å². The molecule has 74 valence electrons. The van der Waals surface area contributed by atoms with E-state index in [0.717, 1.165) is 0 Å². The van der Waals surface area contributed by atoms with Crippen molar-refractivity contribution in [3.8, 4) is 0 Å². The van der Waals surface area contributed by atoms with Gasteiger partial charge in [-0.3, -0.25) is 0 Å². The van der Waals surface area contributed by atoms with Crippen LogP contribution in [0.2, 0.25) is 0 Å². The maximum Gasteiger partial charge on any atom is 0.266 e. The van der Waals surface area contributed by atoms with Gasteiger partial charge < -0.3 is 10.2 Å². The second kappa shape index (κ2) is 3.19. The minimum atomic E-state index is -1.65. The summed E-state index contributed by atoms with van der Waals surface area (Å²) in [5.74, 6) is 0.0445. The summed E-state index contributed by atoms with van der Waals surface area (Å²) >= 11 is 16.8. The van der Waals surface area contributed by atoms with Crippen LogP contribution in [0.4, 0.5) is 5.69 Å². The molecule has 2 N–H and O–H groups in total. The molecule has 0 aliphatic heterocycles. The average Bonchev–Trinajstić information content (AvgIpc) is 2.45. The summed E-state index contributed by atoms with van der Waals surface area (Å²) < 4.78 is 3.58. The third kappa shape index (κ3) is 1.75. The minimum Gasteiger partial charge on any atom is -0.436 e. The first kappa shape index (κ1) is 9.90. The van der Waals surface area contributed by atoms with Crippen molar-refractivity contribution in [2.75, 3.05) is 5.73 Å². The van der Waals surface area contributed by atoms with Gasteiger partial charge in [0, 0.05) is 11.8 Å². The van der Waals surface area contributed by atoms with Gasteiger partial charge in [0.05, 0.1) is 0 Å². The van der Waals surface area contributed by atoms with Crippen molar-refractivity contribution < 1.29 is 4.42 Å². The summed E-state index contributed by atoms with van der Waals surface area (Å²) in [7, 11) is 0. The number of alkyl halides is 3. The molecule has 0 aliphatic rings. The summed E-state index contributed by atoms with van der Waals surface area (Å²) in [6, 6.07) is 5.03. The highest BCUT2D eigenvalue weighted by Crippen LogP contribution is 2.38. The molecule has 0 radical (unpaired) electrons. The van der Waals surface area contributed by atoms with Crippen LogP contribution in [0.5, 0.6) is 0 Å². The van der Waals surface area contributed by atoms with Gasteiger partial charge in [0.2, 0.25) is 5.89 Å². The lowest BCUT2D eigenvalue weighted by Gasteiger charge is -2.02. The van der Waals surface area contributed by atoms with E-state index in [9.17, 15) is 0 Å². The number of nitrogen functional groups attached to an aromatic ring is 1. The molecule has 0 saturated heterocycles. The minimum absolute atomic E-state index is 0.0445. The average molecular weight is 252 g/mol. The van der Waals surface area contributed by atoms with E-state index in [4.69, 9.17) is 45.0 Å². The molecule has 0 spiro atoms. The van der Waals surface area contributed by atoms with E-state index in [1.54, 1.807) is 18.2 Å². The lowest BCUT2D eigenvalue weighted by Crippen LogP contribution is -1.99. The van der Waals surface area contributed by atoms with Crippen molar-refractivity contribution in [1.82, 2.24) is 4.98 Å². The molecule has 0 saturated carbocycles. The van der Waals surface area contributed by atoms with Gasteiger partial charge in [-0.05, 0) is 12.1 Å². The van der Waals surface area contributed by atoms with E-state index < -0.39 is 3.79 Å². The fourth-order valence-electron chi connectivity index (χ4n) is 1.06.